The van der Waals surface area contributed by atoms with Gasteiger partial charge in [0.15, 0.2) is 0 Å². The van der Waals surface area contributed by atoms with Gasteiger partial charge in [0.2, 0.25) is 5.91 Å². The molecule has 130 valence electrons. The minimum Gasteiger partial charge on any atom is -0.357 e. The molecule has 24 heavy (non-hydrogen) atoms. The maximum absolute atomic E-state index is 12.9. The molecule has 0 aromatic carbocycles. The summed E-state index contributed by atoms with van der Waals surface area (Å²) >= 11 is 0. The van der Waals surface area contributed by atoms with Crippen LogP contribution in [0.25, 0.3) is 0 Å². The first-order valence-electron chi connectivity index (χ1n) is 9.67. The summed E-state index contributed by atoms with van der Waals surface area (Å²) in [6.45, 7) is 6.03. The Labute approximate surface area is 145 Å². The summed E-state index contributed by atoms with van der Waals surface area (Å²) in [5.41, 5.74) is 1.19. The van der Waals surface area contributed by atoms with Gasteiger partial charge in [-0.15, -0.1) is 0 Å². The van der Waals surface area contributed by atoms with Gasteiger partial charge in [0, 0.05) is 38.3 Å². The lowest BCUT2D eigenvalue weighted by Gasteiger charge is -2.34. The Bertz CT molecular complexity index is 563. The number of amides is 1. The van der Waals surface area contributed by atoms with E-state index in [9.17, 15) is 4.79 Å². The number of hydrogen-bond acceptors (Lipinski definition) is 3. The van der Waals surface area contributed by atoms with Crippen LogP contribution in [0.1, 0.15) is 44.1 Å². The number of piperidine rings is 1. The Morgan fingerprint density at radius 2 is 1.71 bits per heavy atom. The first-order chi connectivity index (χ1) is 11.7. The zero-order valence-corrected chi connectivity index (χ0v) is 14.8. The van der Waals surface area contributed by atoms with E-state index in [4.69, 9.17) is 0 Å². The monoisotopic (exact) mass is 327 g/mol. The van der Waals surface area contributed by atoms with Crippen LogP contribution < -0.4 is 4.90 Å². The van der Waals surface area contributed by atoms with E-state index < -0.39 is 0 Å². The molecule has 1 aromatic rings. The van der Waals surface area contributed by atoms with Gasteiger partial charge >= 0.3 is 0 Å². The molecule has 0 radical (unpaired) electrons. The van der Waals surface area contributed by atoms with Crippen LogP contribution >= 0.6 is 0 Å². The van der Waals surface area contributed by atoms with Gasteiger partial charge in [0.25, 0.3) is 0 Å². The maximum Gasteiger partial charge on any atom is 0.225 e. The minimum absolute atomic E-state index is 0.229. The Morgan fingerprint density at radius 1 is 1.04 bits per heavy atom. The number of aromatic nitrogens is 1. The van der Waals surface area contributed by atoms with Gasteiger partial charge in [0.1, 0.15) is 5.82 Å². The zero-order valence-electron chi connectivity index (χ0n) is 14.8. The van der Waals surface area contributed by atoms with Crippen molar-refractivity contribution in [2.75, 3.05) is 31.1 Å². The first-order valence-corrected chi connectivity index (χ1v) is 9.67. The molecule has 1 amide bonds. The van der Waals surface area contributed by atoms with E-state index in [0.717, 1.165) is 56.7 Å². The quantitative estimate of drug-likeness (QED) is 0.836. The highest BCUT2D eigenvalue weighted by atomic mass is 16.2. The topological polar surface area (TPSA) is 36.4 Å². The van der Waals surface area contributed by atoms with Crippen LogP contribution in [0.5, 0.6) is 0 Å². The molecular weight excluding hydrogens is 298 g/mol. The number of fused-ring (bicyclic) bond motifs is 1. The van der Waals surface area contributed by atoms with Crippen molar-refractivity contribution in [3.8, 4) is 0 Å². The van der Waals surface area contributed by atoms with Crippen LogP contribution in [0.3, 0.4) is 0 Å². The second kappa shape index (κ2) is 6.73. The van der Waals surface area contributed by atoms with Crippen molar-refractivity contribution in [1.29, 1.82) is 0 Å². The maximum atomic E-state index is 12.9. The normalized spacial score (nSPS) is 28.0. The fourth-order valence-corrected chi connectivity index (χ4v) is 4.85. The zero-order chi connectivity index (χ0) is 16.5. The molecule has 0 spiro atoms. The van der Waals surface area contributed by atoms with E-state index in [1.54, 1.807) is 0 Å². The lowest BCUT2D eigenvalue weighted by molar-refractivity contribution is -0.135. The molecule has 4 heteroatoms. The molecule has 4 rings (SSSR count). The Kier molecular flexibility index (Phi) is 4.47. The predicted octanol–water partition coefficient (Wildman–Crippen LogP) is 3.26. The summed E-state index contributed by atoms with van der Waals surface area (Å²) in [5, 5.41) is 0. The molecule has 1 saturated carbocycles. The summed E-state index contributed by atoms with van der Waals surface area (Å²) in [7, 11) is 0. The second-order valence-electron chi connectivity index (χ2n) is 8.00. The third-order valence-electron chi connectivity index (χ3n) is 6.35. The van der Waals surface area contributed by atoms with Crippen molar-refractivity contribution in [1.82, 2.24) is 9.88 Å². The van der Waals surface area contributed by atoms with Crippen molar-refractivity contribution in [3.63, 3.8) is 0 Å². The number of hydrogen-bond donors (Lipinski definition) is 0. The molecule has 3 fully saturated rings. The highest BCUT2D eigenvalue weighted by Gasteiger charge is 2.39. The number of rotatable bonds is 2. The smallest absolute Gasteiger partial charge is 0.225 e. The van der Waals surface area contributed by atoms with Crippen molar-refractivity contribution in [2.45, 2.75) is 45.4 Å². The molecule has 2 unspecified atom stereocenters. The number of anilines is 1. The number of likely N-dealkylation sites (tertiary alicyclic amines) is 1. The number of carbonyl (C=O) groups is 1. The van der Waals surface area contributed by atoms with E-state index in [-0.39, 0.29) is 5.92 Å². The first kappa shape index (κ1) is 15.9. The number of nitrogens with zero attached hydrogens (tertiary/aromatic N) is 3. The molecule has 0 N–H and O–H groups in total. The van der Waals surface area contributed by atoms with E-state index in [1.807, 2.05) is 6.20 Å². The van der Waals surface area contributed by atoms with E-state index >= 15 is 0 Å². The average Bonchev–Trinajstić information content (AvgIpc) is 3.06. The van der Waals surface area contributed by atoms with Crippen molar-refractivity contribution >= 4 is 11.7 Å². The van der Waals surface area contributed by atoms with E-state index in [2.05, 4.69) is 33.8 Å². The standard InChI is InChI=1S/C20H29N3O/c1-15-6-7-19(21-12-15)22-10-8-16(9-11-22)20(24)23-13-17-4-2-3-5-18(17)14-23/h6-7,12,16-18H,2-5,8-11,13-14H2,1H3. The van der Waals surface area contributed by atoms with Crippen LogP contribution in [0.4, 0.5) is 5.82 Å². The van der Waals surface area contributed by atoms with Gasteiger partial charge in [0.05, 0.1) is 0 Å². The largest absolute Gasteiger partial charge is 0.357 e. The molecular formula is C20H29N3O. The van der Waals surface area contributed by atoms with Crippen LogP contribution in [0.15, 0.2) is 18.3 Å². The van der Waals surface area contributed by atoms with Crippen molar-refractivity contribution < 1.29 is 4.79 Å². The number of carbonyl (C=O) groups excluding carboxylic acids is 1. The minimum atomic E-state index is 0.229. The lowest BCUT2D eigenvalue weighted by atomic mass is 9.82. The Balaban J connectivity index is 1.32. The van der Waals surface area contributed by atoms with Crippen LogP contribution in [-0.2, 0) is 4.79 Å². The van der Waals surface area contributed by atoms with Gasteiger partial charge in [-0.05, 0) is 56.1 Å². The van der Waals surface area contributed by atoms with E-state index in [1.165, 1.54) is 31.2 Å². The molecule has 1 aromatic heterocycles. The third-order valence-corrected chi connectivity index (χ3v) is 6.35. The molecule has 2 atom stereocenters. The molecule has 4 nitrogen and oxygen atoms in total. The second-order valence-corrected chi connectivity index (χ2v) is 8.00. The van der Waals surface area contributed by atoms with Crippen molar-refractivity contribution in [2.24, 2.45) is 17.8 Å². The van der Waals surface area contributed by atoms with Gasteiger partial charge in [-0.3, -0.25) is 4.79 Å². The summed E-state index contributed by atoms with van der Waals surface area (Å²) in [6, 6.07) is 4.22. The van der Waals surface area contributed by atoms with Gasteiger partial charge in [-0.25, -0.2) is 4.98 Å². The summed E-state index contributed by atoms with van der Waals surface area (Å²) < 4.78 is 0. The van der Waals surface area contributed by atoms with Crippen LogP contribution in [0, 0.1) is 24.7 Å². The van der Waals surface area contributed by atoms with Gasteiger partial charge in [-0.1, -0.05) is 18.9 Å². The number of aryl methyl sites for hydroxylation is 1. The van der Waals surface area contributed by atoms with Gasteiger partial charge in [-0.2, -0.15) is 0 Å². The fourth-order valence-electron chi connectivity index (χ4n) is 4.85. The van der Waals surface area contributed by atoms with Crippen LogP contribution in [-0.4, -0.2) is 42.0 Å². The Morgan fingerprint density at radius 3 is 2.29 bits per heavy atom. The van der Waals surface area contributed by atoms with E-state index in [0.29, 0.717) is 5.91 Å². The summed E-state index contributed by atoms with van der Waals surface area (Å²) in [4.78, 5) is 22.0. The molecule has 2 saturated heterocycles. The molecule has 1 aliphatic carbocycles. The number of pyridine rings is 1. The molecule has 0 bridgehead atoms. The predicted molar refractivity (Wildman–Crippen MR) is 95.9 cm³/mol. The molecule has 3 aliphatic rings. The highest BCUT2D eigenvalue weighted by Crippen LogP contribution is 2.37. The van der Waals surface area contributed by atoms with Crippen molar-refractivity contribution in [3.05, 3.63) is 23.9 Å². The lowest BCUT2D eigenvalue weighted by Crippen LogP contribution is -2.42. The average molecular weight is 327 g/mol. The highest BCUT2D eigenvalue weighted by molar-refractivity contribution is 5.79. The van der Waals surface area contributed by atoms with Crippen LogP contribution in [0.2, 0.25) is 0 Å². The summed E-state index contributed by atoms with van der Waals surface area (Å²) in [5.74, 6) is 3.30. The summed E-state index contributed by atoms with van der Waals surface area (Å²) in [6.07, 6.45) is 9.28. The Hall–Kier alpha value is -1.58. The SMILES string of the molecule is Cc1ccc(N2CCC(C(=O)N3CC4CCCCC4C3)CC2)nc1. The fraction of sp³-hybridized carbons (Fsp3) is 0.700. The van der Waals surface area contributed by atoms with Gasteiger partial charge < -0.3 is 9.80 Å². The third kappa shape index (κ3) is 3.15. The molecule has 2 aliphatic heterocycles. The molecule has 3 heterocycles.